The predicted octanol–water partition coefficient (Wildman–Crippen LogP) is 0.773. The molecule has 0 spiro atoms. The van der Waals surface area contributed by atoms with Gasteiger partial charge in [0.1, 0.15) is 0 Å². The number of imidazole rings is 1. The Morgan fingerprint density at radius 1 is 1.60 bits per heavy atom. The number of rotatable bonds is 4. The Hall–Kier alpha value is -1.12. The van der Waals surface area contributed by atoms with Gasteiger partial charge in [0.05, 0.1) is 6.33 Å². The molecule has 0 fully saturated rings. The van der Waals surface area contributed by atoms with Crippen LogP contribution >= 0.6 is 0 Å². The minimum absolute atomic E-state index is 0.512. The first-order valence-electron chi connectivity index (χ1n) is 3.24. The van der Waals surface area contributed by atoms with E-state index in [1.54, 1.807) is 12.5 Å². The lowest BCUT2D eigenvalue weighted by Crippen LogP contribution is -1.93. The van der Waals surface area contributed by atoms with E-state index in [9.17, 15) is 4.79 Å². The van der Waals surface area contributed by atoms with E-state index < -0.39 is 0 Å². The van der Waals surface area contributed by atoms with Crippen LogP contribution in [0.15, 0.2) is 18.7 Å². The van der Waals surface area contributed by atoms with Crippen molar-refractivity contribution in [3.8, 4) is 0 Å². The molecule has 0 atom stereocenters. The summed E-state index contributed by atoms with van der Waals surface area (Å²) < 4.78 is 1.94. The second kappa shape index (κ2) is 3.82. The lowest BCUT2D eigenvalue weighted by atomic mass is 10.3. The highest BCUT2D eigenvalue weighted by Crippen LogP contribution is 1.91. The molecule has 0 N–H and O–H groups in total. The second-order valence-corrected chi connectivity index (χ2v) is 2.05. The van der Waals surface area contributed by atoms with Gasteiger partial charge in [-0.3, -0.25) is 4.79 Å². The van der Waals surface area contributed by atoms with Crippen LogP contribution < -0.4 is 0 Å². The third-order valence-electron chi connectivity index (χ3n) is 1.25. The van der Waals surface area contributed by atoms with Gasteiger partial charge in [0, 0.05) is 25.4 Å². The Kier molecular flexibility index (Phi) is 2.67. The Morgan fingerprint density at radius 2 is 2.50 bits per heavy atom. The third-order valence-corrected chi connectivity index (χ3v) is 1.25. The monoisotopic (exact) mass is 137 g/mol. The molecular formula is C7H9N2O. The summed E-state index contributed by atoms with van der Waals surface area (Å²) in [6.45, 7) is 0.856. The lowest BCUT2D eigenvalue weighted by molar-refractivity contribution is 0.542. The Bertz CT molecular complexity index is 181. The van der Waals surface area contributed by atoms with Gasteiger partial charge in [-0.15, -0.1) is 0 Å². The summed E-state index contributed by atoms with van der Waals surface area (Å²) in [5.74, 6) is 0. The average molecular weight is 137 g/mol. The van der Waals surface area contributed by atoms with Crippen LogP contribution in [-0.4, -0.2) is 15.8 Å². The van der Waals surface area contributed by atoms with E-state index in [-0.39, 0.29) is 0 Å². The molecule has 1 rings (SSSR count). The van der Waals surface area contributed by atoms with Crippen LogP contribution in [0.1, 0.15) is 12.8 Å². The maximum atomic E-state index is 9.78. The van der Waals surface area contributed by atoms with Gasteiger partial charge >= 0.3 is 0 Å². The van der Waals surface area contributed by atoms with Gasteiger partial charge in [0.15, 0.2) is 6.29 Å². The number of unbranched alkanes of at least 4 members (excludes halogenated alkanes) is 1. The molecule has 0 aliphatic rings. The molecule has 3 heteroatoms. The molecule has 0 aliphatic heterocycles. The second-order valence-electron chi connectivity index (χ2n) is 2.05. The summed E-state index contributed by atoms with van der Waals surface area (Å²) >= 11 is 0. The molecule has 1 radical (unpaired) electrons. The average Bonchev–Trinajstić information content (AvgIpc) is 2.41. The van der Waals surface area contributed by atoms with Gasteiger partial charge < -0.3 is 4.57 Å². The fourth-order valence-corrected chi connectivity index (χ4v) is 0.753. The van der Waals surface area contributed by atoms with Gasteiger partial charge in [0.25, 0.3) is 0 Å². The molecule has 0 aliphatic carbocycles. The third kappa shape index (κ3) is 2.01. The van der Waals surface area contributed by atoms with E-state index in [0.29, 0.717) is 6.42 Å². The quantitative estimate of drug-likeness (QED) is 0.574. The van der Waals surface area contributed by atoms with Gasteiger partial charge in [-0.05, 0) is 6.42 Å². The topological polar surface area (TPSA) is 34.9 Å². The highest BCUT2D eigenvalue weighted by molar-refractivity contribution is 5.50. The molecule has 0 amide bonds. The molecule has 1 heterocycles. The van der Waals surface area contributed by atoms with Crippen LogP contribution in [0.25, 0.3) is 0 Å². The molecule has 0 saturated carbocycles. The minimum atomic E-state index is 0.512. The number of nitrogens with zero attached hydrogens (tertiary/aromatic N) is 2. The number of aryl methyl sites for hydroxylation is 1. The number of hydrogen-bond acceptors (Lipinski definition) is 2. The van der Waals surface area contributed by atoms with Crippen molar-refractivity contribution in [1.82, 2.24) is 9.55 Å². The molecule has 3 nitrogen and oxygen atoms in total. The van der Waals surface area contributed by atoms with Crippen LogP contribution in [0, 0.1) is 0 Å². The van der Waals surface area contributed by atoms with Crippen LogP contribution in [0.2, 0.25) is 0 Å². The van der Waals surface area contributed by atoms with Crippen LogP contribution in [0.5, 0.6) is 0 Å². The smallest absolute Gasteiger partial charge is 0.198 e. The minimum Gasteiger partial charge on any atom is -0.337 e. The van der Waals surface area contributed by atoms with Crippen LogP contribution in [-0.2, 0) is 11.3 Å². The molecular weight excluding hydrogens is 128 g/mol. The zero-order chi connectivity index (χ0) is 7.23. The first kappa shape index (κ1) is 6.99. The Morgan fingerprint density at radius 3 is 3.10 bits per heavy atom. The maximum Gasteiger partial charge on any atom is 0.198 e. The molecule has 0 saturated heterocycles. The van der Waals surface area contributed by atoms with E-state index in [2.05, 4.69) is 4.98 Å². The summed E-state index contributed by atoms with van der Waals surface area (Å²) in [5.41, 5.74) is 0. The number of carbonyl (C=O) groups excluding carboxylic acids is 1. The van der Waals surface area contributed by atoms with E-state index >= 15 is 0 Å². The summed E-state index contributed by atoms with van der Waals surface area (Å²) in [7, 11) is 0. The van der Waals surface area contributed by atoms with Crippen molar-refractivity contribution in [3.63, 3.8) is 0 Å². The molecule has 10 heavy (non-hydrogen) atoms. The molecule has 0 bridgehead atoms. The molecule has 53 valence electrons. The summed E-state index contributed by atoms with van der Waals surface area (Å²) in [4.78, 5) is 13.6. The highest BCUT2D eigenvalue weighted by atomic mass is 16.1. The summed E-state index contributed by atoms with van der Waals surface area (Å²) in [5, 5.41) is 0. The van der Waals surface area contributed by atoms with E-state index in [1.807, 2.05) is 17.1 Å². The highest BCUT2D eigenvalue weighted by Gasteiger charge is 1.88. The molecule has 1 aromatic heterocycles. The van der Waals surface area contributed by atoms with Gasteiger partial charge in [-0.2, -0.15) is 0 Å². The van der Waals surface area contributed by atoms with Crippen molar-refractivity contribution in [2.75, 3.05) is 0 Å². The lowest BCUT2D eigenvalue weighted by Gasteiger charge is -1.95. The van der Waals surface area contributed by atoms with Crippen molar-refractivity contribution in [3.05, 3.63) is 18.7 Å². The zero-order valence-electron chi connectivity index (χ0n) is 5.66. The number of aromatic nitrogens is 2. The van der Waals surface area contributed by atoms with E-state index in [1.165, 1.54) is 0 Å². The molecule has 1 aromatic rings. The Balaban J connectivity index is 2.21. The van der Waals surface area contributed by atoms with Gasteiger partial charge in [0.2, 0.25) is 0 Å². The molecule has 0 unspecified atom stereocenters. The predicted molar refractivity (Wildman–Crippen MR) is 37.2 cm³/mol. The van der Waals surface area contributed by atoms with Crippen LogP contribution in [0.3, 0.4) is 0 Å². The fraction of sp³-hybridized carbons (Fsp3) is 0.429. The normalized spacial score (nSPS) is 9.60. The SMILES string of the molecule is O=[C]CCCn1ccnc1. The maximum absolute atomic E-state index is 9.78. The summed E-state index contributed by atoms with van der Waals surface area (Å²) in [6, 6.07) is 0. The van der Waals surface area contributed by atoms with Crippen molar-refractivity contribution in [2.24, 2.45) is 0 Å². The van der Waals surface area contributed by atoms with Crippen LogP contribution in [0.4, 0.5) is 0 Å². The standard InChI is InChI=1S/C7H9N2O/c10-6-2-1-4-9-5-3-8-7-9/h3,5,7H,1-2,4H2. The molecule has 0 aromatic carbocycles. The van der Waals surface area contributed by atoms with Gasteiger partial charge in [-0.1, -0.05) is 0 Å². The largest absolute Gasteiger partial charge is 0.337 e. The van der Waals surface area contributed by atoms with Gasteiger partial charge in [-0.25, -0.2) is 4.98 Å². The zero-order valence-corrected chi connectivity index (χ0v) is 5.66. The number of hydrogen-bond donors (Lipinski definition) is 0. The Labute approximate surface area is 59.7 Å². The first-order chi connectivity index (χ1) is 4.93. The van der Waals surface area contributed by atoms with E-state index in [0.717, 1.165) is 13.0 Å². The summed E-state index contributed by atoms with van der Waals surface area (Å²) in [6.07, 6.45) is 8.55. The fourth-order valence-electron chi connectivity index (χ4n) is 0.753. The van der Waals surface area contributed by atoms with Crippen molar-refractivity contribution in [2.45, 2.75) is 19.4 Å². The first-order valence-corrected chi connectivity index (χ1v) is 3.24. The van der Waals surface area contributed by atoms with Crippen molar-refractivity contribution < 1.29 is 4.79 Å². The van der Waals surface area contributed by atoms with Crippen molar-refractivity contribution in [1.29, 1.82) is 0 Å². The van der Waals surface area contributed by atoms with E-state index in [4.69, 9.17) is 0 Å². The van der Waals surface area contributed by atoms with Crippen molar-refractivity contribution >= 4 is 6.29 Å².